The summed E-state index contributed by atoms with van der Waals surface area (Å²) in [6.45, 7) is 3.44. The Morgan fingerprint density at radius 2 is 1.27 bits per heavy atom. The lowest BCUT2D eigenvalue weighted by Crippen LogP contribution is -2.50. The van der Waals surface area contributed by atoms with E-state index in [-0.39, 0.29) is 153 Å². The maximum absolute atomic E-state index is 13.4. The number of ether oxygens (including phenoxy) is 5. The van der Waals surface area contributed by atoms with E-state index < -0.39 is 104 Å². The standard InChI is InChI=1S/C55H73N5O20S3/c1-34(61)54(35(2)62,36(3)63)46(68)14-20-76-24-27-79-23-18-57-52(74)39(31-58-49(71)32-80-33-50(72)59-40-8-5-38(6-9-40)7-11-43(66)42-10-12-44(42)67)29-41(65)16-28-81-45-30-51(73)60(53(45)75)19-13-48(70)56-17-22-78-26-25-77-21-15-47(69)55(37(4)64)82-83-55/h5-6,8-9,39,42,45H,7,10-33H2,1-4H3,(H,56,70)(H,57,74)(H,58,71)(H,59,72)/t39-,42?,45?/m1/s1. The second-order valence-corrected chi connectivity index (χ2v) is 23.8. The van der Waals surface area contributed by atoms with Crippen LogP contribution in [-0.4, -0.2) is 200 Å². The molecule has 1 aromatic rings. The number of rotatable bonds is 45. The number of hydrogen-bond donors (Lipinski definition) is 4. The molecule has 0 spiro atoms. The summed E-state index contributed by atoms with van der Waals surface area (Å²) >= 11 is 1.08. The van der Waals surface area contributed by atoms with Gasteiger partial charge in [-0.25, -0.2) is 0 Å². The molecule has 4 rings (SSSR count). The summed E-state index contributed by atoms with van der Waals surface area (Å²) in [5.41, 5.74) is -1.09. The van der Waals surface area contributed by atoms with Crippen molar-refractivity contribution in [3.63, 3.8) is 0 Å². The number of amides is 6. The van der Waals surface area contributed by atoms with Gasteiger partial charge < -0.3 is 45.0 Å². The van der Waals surface area contributed by atoms with E-state index in [2.05, 4.69) is 21.3 Å². The molecule has 0 bridgehead atoms. The van der Waals surface area contributed by atoms with Gasteiger partial charge in [0.2, 0.25) is 40.9 Å². The van der Waals surface area contributed by atoms with E-state index in [1.165, 1.54) is 28.5 Å². The zero-order chi connectivity index (χ0) is 61.1. The first-order valence-electron chi connectivity index (χ1n) is 27.1. The molecule has 83 heavy (non-hydrogen) atoms. The number of Topliss-reactive ketones (excluding diaryl/α,β-unsaturated/α-hetero) is 9. The Labute approximate surface area is 492 Å². The number of likely N-dealkylation sites (tertiary alicyclic amines) is 1. The number of benzene rings is 1. The van der Waals surface area contributed by atoms with Crippen LogP contribution in [0.2, 0.25) is 0 Å². The van der Waals surface area contributed by atoms with Crippen molar-refractivity contribution in [1.82, 2.24) is 20.9 Å². The predicted octanol–water partition coefficient (Wildman–Crippen LogP) is 1.11. The number of nitrogens with zero attached hydrogens (tertiary/aromatic N) is 1. The van der Waals surface area contributed by atoms with Gasteiger partial charge in [-0.05, 0) is 58.2 Å². The highest BCUT2D eigenvalue weighted by Gasteiger charge is 2.57. The van der Waals surface area contributed by atoms with Crippen molar-refractivity contribution in [1.29, 1.82) is 0 Å². The summed E-state index contributed by atoms with van der Waals surface area (Å²) in [4.78, 5) is 188. The number of ketones is 9. The third-order valence-corrected chi connectivity index (χ3v) is 17.8. The third kappa shape index (κ3) is 22.2. The third-order valence-electron chi connectivity index (χ3n) is 13.6. The summed E-state index contributed by atoms with van der Waals surface area (Å²) in [5.74, 6) is -9.10. The van der Waals surface area contributed by atoms with Gasteiger partial charge in [0.15, 0.2) is 38.8 Å². The second kappa shape index (κ2) is 35.4. The van der Waals surface area contributed by atoms with E-state index in [4.69, 9.17) is 23.7 Å². The van der Waals surface area contributed by atoms with Gasteiger partial charge in [-0.1, -0.05) is 33.7 Å². The zero-order valence-electron chi connectivity index (χ0n) is 47.1. The Bertz CT molecular complexity index is 2540. The summed E-state index contributed by atoms with van der Waals surface area (Å²) in [5, 5.41) is 9.68. The summed E-state index contributed by atoms with van der Waals surface area (Å²) in [6.07, 6.45) is 0.714. The van der Waals surface area contributed by atoms with Crippen molar-refractivity contribution in [3.05, 3.63) is 29.8 Å². The Balaban J connectivity index is 1.16. The summed E-state index contributed by atoms with van der Waals surface area (Å²) in [6, 6.07) is 6.77. The molecule has 28 heteroatoms. The fraction of sp³-hybridized carbons (Fsp3) is 0.618. The van der Waals surface area contributed by atoms with E-state index in [0.29, 0.717) is 24.9 Å². The van der Waals surface area contributed by atoms with Crippen molar-refractivity contribution >= 4 is 127 Å². The van der Waals surface area contributed by atoms with Crippen LogP contribution in [0.1, 0.15) is 91.0 Å². The van der Waals surface area contributed by atoms with E-state index >= 15 is 0 Å². The minimum atomic E-state index is -2.37. The number of anilines is 1. The second-order valence-electron chi connectivity index (χ2n) is 19.6. The number of imide groups is 1. The number of thioether (sulfide) groups is 1. The fourth-order valence-corrected chi connectivity index (χ4v) is 12.1. The molecule has 3 aliphatic rings. The van der Waals surface area contributed by atoms with Crippen molar-refractivity contribution in [2.75, 3.05) is 103 Å². The largest absolute Gasteiger partial charge is 0.379 e. The zero-order valence-corrected chi connectivity index (χ0v) is 49.5. The van der Waals surface area contributed by atoms with E-state index in [9.17, 15) is 71.9 Å². The average molecular weight is 1220 g/mol. The molecular formula is C55H73N5O20S3. The molecule has 1 aromatic carbocycles. The van der Waals surface area contributed by atoms with Crippen LogP contribution in [0.4, 0.5) is 5.69 Å². The summed E-state index contributed by atoms with van der Waals surface area (Å²) in [7, 11) is 2.48. The van der Waals surface area contributed by atoms with Gasteiger partial charge in [0.1, 0.15) is 30.6 Å². The van der Waals surface area contributed by atoms with Crippen LogP contribution in [0.25, 0.3) is 0 Å². The quantitative estimate of drug-likeness (QED) is 0.0234. The van der Waals surface area contributed by atoms with Gasteiger partial charge in [0.25, 0.3) is 0 Å². The van der Waals surface area contributed by atoms with E-state index in [1.807, 2.05) is 0 Å². The molecule has 0 aromatic heterocycles. The topological polar surface area (TPSA) is 354 Å². The first-order chi connectivity index (χ1) is 39.5. The average Bonchev–Trinajstić information content (AvgIpc) is 2.89. The molecular weight excluding hydrogens is 1150 g/mol. The molecule has 6 amide bonds. The molecule has 2 heterocycles. The summed E-state index contributed by atoms with van der Waals surface area (Å²) < 4.78 is 26.0. The predicted molar refractivity (Wildman–Crippen MR) is 302 cm³/mol. The van der Waals surface area contributed by atoms with Crippen LogP contribution in [0.15, 0.2) is 24.3 Å². The normalized spacial score (nSPS) is 16.5. The van der Waals surface area contributed by atoms with Crippen molar-refractivity contribution in [3.8, 4) is 0 Å². The van der Waals surface area contributed by atoms with Gasteiger partial charge in [0, 0.05) is 89.0 Å². The lowest BCUT2D eigenvalue weighted by molar-refractivity contribution is -0.154. The molecule has 1 aliphatic carbocycles. The smallest absolute Gasteiger partial charge is 0.250 e. The molecule has 0 radical (unpaired) electrons. The van der Waals surface area contributed by atoms with Crippen LogP contribution in [0, 0.1) is 17.3 Å². The Morgan fingerprint density at radius 3 is 1.83 bits per heavy atom. The van der Waals surface area contributed by atoms with Gasteiger partial charge >= 0.3 is 0 Å². The van der Waals surface area contributed by atoms with Crippen molar-refractivity contribution in [2.24, 2.45) is 17.3 Å². The minimum absolute atomic E-state index is 0.00462. The highest BCUT2D eigenvalue weighted by molar-refractivity contribution is 8.94. The van der Waals surface area contributed by atoms with Crippen molar-refractivity contribution in [2.45, 2.75) is 101 Å². The maximum Gasteiger partial charge on any atom is 0.250 e. The van der Waals surface area contributed by atoms with Crippen LogP contribution in [0.3, 0.4) is 0 Å². The van der Waals surface area contributed by atoms with Gasteiger partial charge in [-0.3, -0.25) is 76.8 Å². The molecule has 3 atom stereocenters. The van der Waals surface area contributed by atoms with Gasteiger partial charge in [-0.2, -0.15) is 0 Å². The number of aryl methyl sites for hydroxylation is 1. The fourth-order valence-electron chi connectivity index (χ4n) is 8.69. The number of carbonyl (C=O) groups excluding carboxylic acids is 15. The van der Waals surface area contributed by atoms with Crippen LogP contribution in [-0.2, 0) is 102 Å². The van der Waals surface area contributed by atoms with Crippen molar-refractivity contribution < 1.29 is 95.6 Å². The molecule has 4 N–H and O–H groups in total. The van der Waals surface area contributed by atoms with Crippen LogP contribution >= 0.6 is 33.3 Å². The van der Waals surface area contributed by atoms with E-state index in [1.54, 1.807) is 24.3 Å². The number of carbonyl (C=O) groups is 15. The molecule has 2 saturated heterocycles. The lowest BCUT2D eigenvalue weighted by Gasteiger charge is -2.23. The Morgan fingerprint density at radius 1 is 0.675 bits per heavy atom. The minimum Gasteiger partial charge on any atom is -0.379 e. The highest BCUT2D eigenvalue weighted by Crippen LogP contribution is 2.66. The monoisotopic (exact) mass is 1220 g/mol. The van der Waals surface area contributed by atoms with Gasteiger partial charge in [0.05, 0.1) is 69.9 Å². The molecule has 3 fully saturated rings. The first kappa shape index (κ1) is 69.6. The Hall–Kier alpha value is -5.88. The van der Waals surface area contributed by atoms with Crippen LogP contribution in [0.5, 0.6) is 0 Å². The number of hydrogen-bond acceptors (Lipinski definition) is 23. The molecule has 25 nitrogen and oxygen atoms in total. The van der Waals surface area contributed by atoms with E-state index in [0.717, 1.165) is 43.0 Å². The SMILES string of the molecule is CC(=O)C1(C(=O)CCOCCOCCNC(=O)CCN2C(=O)CC(SCCC(=O)C[C@H](CNC(=O)COCC(=O)Nc3ccc(CCC(=O)C4CCC4=O)cc3)C(=O)NCCOCCOCCC(=O)C(C(C)=O)(C(C)=O)C(C)=O)C2=O)SS1. The number of nitrogens with one attached hydrogen (secondary N) is 4. The molecule has 1 saturated carbocycles. The lowest BCUT2D eigenvalue weighted by atomic mass is 9.72. The Kier molecular flexibility index (Phi) is 29.7. The highest BCUT2D eigenvalue weighted by atomic mass is 33.2. The molecule has 456 valence electrons. The van der Waals surface area contributed by atoms with Crippen LogP contribution < -0.4 is 21.3 Å². The molecule has 2 unspecified atom stereocenters. The first-order valence-corrected chi connectivity index (χ1v) is 30.3. The van der Waals surface area contributed by atoms with Gasteiger partial charge in [-0.15, -0.1) is 11.8 Å². The molecule has 2 aliphatic heterocycles. The maximum atomic E-state index is 13.4.